The molecule has 0 amide bonds. The molecule has 0 aromatic rings. The van der Waals surface area contributed by atoms with Crippen molar-refractivity contribution in [1.29, 1.82) is 0 Å². The first-order valence-electron chi connectivity index (χ1n) is 15.1. The minimum Gasteiger partial charge on any atom is -0.382 e. The van der Waals surface area contributed by atoms with Crippen LogP contribution in [0.1, 0.15) is 0 Å². The zero-order chi connectivity index (χ0) is 34.2. The molecule has 2 heterocycles. The molecule has 0 spiro atoms. The highest BCUT2D eigenvalue weighted by Crippen LogP contribution is 2.35. The van der Waals surface area contributed by atoms with Crippen LogP contribution in [0.2, 0.25) is 0 Å². The maximum absolute atomic E-state index is 6.73. The SMILES string of the molecule is COCC(OC)C(OC)C(OC1OC(COC)C(OC)C(OC2OC(COC)C(OC)C(OC)C2OC)C1OC)C(COC)OC. The Hall–Kier alpha value is -0.640. The molecule has 0 saturated carbocycles. The van der Waals surface area contributed by atoms with Crippen LogP contribution < -0.4 is 0 Å². The predicted octanol–water partition coefficient (Wildman–Crippen LogP) is -0.0878. The molecule has 14 unspecified atom stereocenters. The number of rotatable bonds is 23. The van der Waals surface area contributed by atoms with E-state index in [1.807, 2.05) is 0 Å². The van der Waals surface area contributed by atoms with Crippen molar-refractivity contribution in [3.05, 3.63) is 0 Å². The van der Waals surface area contributed by atoms with Crippen molar-refractivity contribution in [2.45, 2.75) is 85.8 Å². The highest BCUT2D eigenvalue weighted by molar-refractivity contribution is 4.98. The van der Waals surface area contributed by atoms with Crippen LogP contribution in [0.4, 0.5) is 0 Å². The van der Waals surface area contributed by atoms with E-state index < -0.39 is 85.8 Å². The second-order valence-electron chi connectivity index (χ2n) is 10.9. The lowest BCUT2D eigenvalue weighted by atomic mass is 9.96. The van der Waals surface area contributed by atoms with Crippen molar-refractivity contribution in [2.24, 2.45) is 0 Å². The van der Waals surface area contributed by atoms with Gasteiger partial charge in [0.2, 0.25) is 0 Å². The lowest BCUT2D eigenvalue weighted by Gasteiger charge is -2.50. The van der Waals surface area contributed by atoms with E-state index in [0.717, 1.165) is 0 Å². The van der Waals surface area contributed by atoms with Gasteiger partial charge in [-0.1, -0.05) is 0 Å². The van der Waals surface area contributed by atoms with Crippen molar-refractivity contribution in [3.8, 4) is 0 Å². The summed E-state index contributed by atoms with van der Waals surface area (Å²) < 4.78 is 95.0. The first kappa shape index (κ1) is 41.5. The van der Waals surface area contributed by atoms with E-state index in [9.17, 15) is 0 Å². The van der Waals surface area contributed by atoms with Crippen LogP contribution in [0.5, 0.6) is 0 Å². The normalized spacial score (nSPS) is 34.7. The number of ether oxygens (including phenoxy) is 16. The highest BCUT2D eigenvalue weighted by Gasteiger charge is 2.54. The summed E-state index contributed by atoms with van der Waals surface area (Å²) in [5, 5.41) is 0. The third-order valence-corrected chi connectivity index (χ3v) is 8.38. The van der Waals surface area contributed by atoms with Gasteiger partial charge in [0.1, 0.15) is 73.2 Å². The second-order valence-corrected chi connectivity index (χ2v) is 10.9. The molecule has 0 aromatic heterocycles. The standard InChI is InChI=1S/C30H58O16/c1-31-13-17(35-5)21(37-7)24(18(36-6)14-32-2)45-30-28(42-12)26(23(39-9)20(44-30)16-34-4)46-29-27(41-11)25(40-10)22(38-8)19(43-29)15-33-3/h17-30H,13-16H2,1-12H3. The maximum Gasteiger partial charge on any atom is 0.187 e. The largest absolute Gasteiger partial charge is 0.382 e. The van der Waals surface area contributed by atoms with E-state index in [1.54, 1.807) is 78.2 Å². The summed E-state index contributed by atoms with van der Waals surface area (Å²) in [6.45, 7) is 0.788. The van der Waals surface area contributed by atoms with Gasteiger partial charge in [-0.25, -0.2) is 0 Å². The van der Waals surface area contributed by atoms with Crippen LogP contribution in [0.15, 0.2) is 0 Å². The van der Waals surface area contributed by atoms with Gasteiger partial charge < -0.3 is 75.8 Å². The smallest absolute Gasteiger partial charge is 0.187 e. The molecule has 2 saturated heterocycles. The van der Waals surface area contributed by atoms with Gasteiger partial charge in [-0.3, -0.25) is 0 Å². The Kier molecular flexibility index (Phi) is 20.0. The fourth-order valence-electron chi connectivity index (χ4n) is 6.17. The van der Waals surface area contributed by atoms with Crippen molar-refractivity contribution in [3.63, 3.8) is 0 Å². The molecule has 0 aromatic carbocycles. The quantitative estimate of drug-likeness (QED) is 0.142. The highest BCUT2D eigenvalue weighted by atomic mass is 16.8. The van der Waals surface area contributed by atoms with Crippen LogP contribution in [0.3, 0.4) is 0 Å². The number of hydrogen-bond donors (Lipinski definition) is 0. The monoisotopic (exact) mass is 674 g/mol. The molecule has 274 valence electrons. The molecule has 16 nitrogen and oxygen atoms in total. The molecule has 0 bridgehead atoms. The van der Waals surface area contributed by atoms with Gasteiger partial charge in [-0.2, -0.15) is 0 Å². The van der Waals surface area contributed by atoms with Crippen molar-refractivity contribution >= 4 is 0 Å². The Bertz CT molecular complexity index is 781. The van der Waals surface area contributed by atoms with Crippen molar-refractivity contribution in [2.75, 3.05) is 112 Å². The Labute approximate surface area is 273 Å². The Balaban J connectivity index is 2.56. The van der Waals surface area contributed by atoms with E-state index in [0.29, 0.717) is 0 Å². The third-order valence-electron chi connectivity index (χ3n) is 8.38. The number of methoxy groups -OCH3 is 12. The summed E-state index contributed by atoms with van der Waals surface area (Å²) in [5.74, 6) is 0. The van der Waals surface area contributed by atoms with Crippen LogP contribution in [-0.4, -0.2) is 198 Å². The van der Waals surface area contributed by atoms with E-state index in [4.69, 9.17) is 75.8 Å². The summed E-state index contributed by atoms with van der Waals surface area (Å²) in [4.78, 5) is 0. The summed E-state index contributed by atoms with van der Waals surface area (Å²) in [6.07, 6.45) is -9.85. The van der Waals surface area contributed by atoms with Crippen molar-refractivity contribution in [1.82, 2.24) is 0 Å². The first-order valence-corrected chi connectivity index (χ1v) is 15.1. The molecule has 0 radical (unpaired) electrons. The Morgan fingerprint density at radius 3 is 1.28 bits per heavy atom. The molecule has 16 heteroatoms. The molecule has 2 aliphatic heterocycles. The zero-order valence-electron chi connectivity index (χ0n) is 29.4. The molecular weight excluding hydrogens is 616 g/mol. The van der Waals surface area contributed by atoms with E-state index >= 15 is 0 Å². The lowest BCUT2D eigenvalue weighted by Crippen LogP contribution is -2.67. The predicted molar refractivity (Wildman–Crippen MR) is 161 cm³/mol. The molecular formula is C30H58O16. The first-order chi connectivity index (χ1) is 22.3. The van der Waals surface area contributed by atoms with Crippen LogP contribution >= 0.6 is 0 Å². The summed E-state index contributed by atoms with van der Waals surface area (Å²) in [7, 11) is 18.8. The summed E-state index contributed by atoms with van der Waals surface area (Å²) in [5.41, 5.74) is 0. The summed E-state index contributed by atoms with van der Waals surface area (Å²) in [6, 6.07) is 0. The van der Waals surface area contributed by atoms with Crippen LogP contribution in [-0.2, 0) is 75.8 Å². The molecule has 2 rings (SSSR count). The second kappa shape index (κ2) is 22.2. The van der Waals surface area contributed by atoms with Crippen molar-refractivity contribution < 1.29 is 75.8 Å². The van der Waals surface area contributed by atoms with Gasteiger partial charge >= 0.3 is 0 Å². The molecule has 0 N–H and O–H groups in total. The fourth-order valence-corrected chi connectivity index (χ4v) is 6.17. The van der Waals surface area contributed by atoms with Crippen LogP contribution in [0.25, 0.3) is 0 Å². The van der Waals surface area contributed by atoms with Gasteiger partial charge in [0.15, 0.2) is 12.6 Å². The molecule has 14 atom stereocenters. The zero-order valence-corrected chi connectivity index (χ0v) is 29.4. The molecule has 0 aliphatic carbocycles. The van der Waals surface area contributed by atoms with E-state index in [2.05, 4.69) is 0 Å². The van der Waals surface area contributed by atoms with Crippen LogP contribution in [0, 0.1) is 0 Å². The van der Waals surface area contributed by atoms with E-state index in [1.165, 1.54) is 7.11 Å². The van der Waals surface area contributed by atoms with Gasteiger partial charge in [-0.15, -0.1) is 0 Å². The minimum atomic E-state index is -1.04. The number of hydrogen-bond acceptors (Lipinski definition) is 16. The van der Waals surface area contributed by atoms with Gasteiger partial charge in [0.05, 0.1) is 26.4 Å². The molecule has 46 heavy (non-hydrogen) atoms. The fraction of sp³-hybridized carbons (Fsp3) is 1.00. The van der Waals surface area contributed by atoms with Gasteiger partial charge in [-0.05, 0) is 0 Å². The Morgan fingerprint density at radius 2 is 0.870 bits per heavy atom. The summed E-state index contributed by atoms with van der Waals surface area (Å²) >= 11 is 0. The molecule has 2 fully saturated rings. The van der Waals surface area contributed by atoms with Gasteiger partial charge in [0, 0.05) is 85.3 Å². The minimum absolute atomic E-state index is 0.154. The van der Waals surface area contributed by atoms with Gasteiger partial charge in [0.25, 0.3) is 0 Å². The maximum atomic E-state index is 6.73. The third kappa shape index (κ3) is 10.2. The average Bonchev–Trinajstić information content (AvgIpc) is 3.06. The Morgan fingerprint density at radius 1 is 0.435 bits per heavy atom. The lowest BCUT2D eigenvalue weighted by molar-refractivity contribution is -0.377. The van der Waals surface area contributed by atoms with E-state index in [-0.39, 0.29) is 26.4 Å². The topological polar surface area (TPSA) is 148 Å². The average molecular weight is 675 g/mol. The molecule has 2 aliphatic rings.